The van der Waals surface area contributed by atoms with Gasteiger partial charge in [-0.15, -0.1) is 0 Å². The van der Waals surface area contributed by atoms with E-state index in [9.17, 15) is 9.59 Å². The van der Waals surface area contributed by atoms with Crippen LogP contribution >= 0.6 is 0 Å². The van der Waals surface area contributed by atoms with E-state index in [4.69, 9.17) is 4.42 Å². The first-order valence-electron chi connectivity index (χ1n) is 7.78. The summed E-state index contributed by atoms with van der Waals surface area (Å²) < 4.78 is 5.29. The predicted molar refractivity (Wildman–Crippen MR) is 85.3 cm³/mol. The van der Waals surface area contributed by atoms with Crippen LogP contribution in [0, 0.1) is 6.92 Å². The average molecular weight is 312 g/mol. The zero-order chi connectivity index (χ0) is 16.2. The molecule has 1 atom stereocenters. The van der Waals surface area contributed by atoms with Gasteiger partial charge in [0.2, 0.25) is 11.8 Å². The molecule has 0 bridgehead atoms. The van der Waals surface area contributed by atoms with Crippen molar-refractivity contribution in [2.45, 2.75) is 38.9 Å². The highest BCUT2D eigenvalue weighted by Crippen LogP contribution is 2.22. The number of nitrogens with zero attached hydrogens (tertiary/aromatic N) is 1. The lowest BCUT2D eigenvalue weighted by Gasteiger charge is -2.23. The number of hydrogen-bond acceptors (Lipinski definition) is 3. The molecule has 5 heteroatoms. The van der Waals surface area contributed by atoms with Gasteiger partial charge in [0.25, 0.3) is 0 Å². The monoisotopic (exact) mass is 312 g/mol. The molecule has 2 aromatic rings. The Bertz CT molecular complexity index is 694. The second-order valence-corrected chi connectivity index (χ2v) is 5.86. The third-order valence-electron chi connectivity index (χ3n) is 4.09. The Morgan fingerprint density at radius 3 is 2.96 bits per heavy atom. The normalized spacial score (nSPS) is 17.5. The van der Waals surface area contributed by atoms with Crippen molar-refractivity contribution in [3.05, 3.63) is 59.5 Å². The van der Waals surface area contributed by atoms with Crippen molar-refractivity contribution in [2.75, 3.05) is 0 Å². The van der Waals surface area contributed by atoms with Crippen LogP contribution in [0.25, 0.3) is 0 Å². The average Bonchev–Trinajstić information content (AvgIpc) is 3.16. The van der Waals surface area contributed by atoms with E-state index in [2.05, 4.69) is 5.32 Å². The van der Waals surface area contributed by atoms with Crippen LogP contribution in [-0.4, -0.2) is 22.8 Å². The van der Waals surface area contributed by atoms with Gasteiger partial charge in [-0.2, -0.15) is 0 Å². The van der Waals surface area contributed by atoms with Crippen molar-refractivity contribution in [1.82, 2.24) is 10.2 Å². The van der Waals surface area contributed by atoms with Crippen LogP contribution in [0.4, 0.5) is 0 Å². The Labute approximate surface area is 135 Å². The maximum atomic E-state index is 12.5. The molecule has 1 fully saturated rings. The molecule has 3 rings (SSSR count). The highest BCUT2D eigenvalue weighted by molar-refractivity contribution is 5.90. The molecular weight excluding hydrogens is 292 g/mol. The highest BCUT2D eigenvalue weighted by Gasteiger charge is 2.36. The molecule has 0 aliphatic carbocycles. The van der Waals surface area contributed by atoms with Gasteiger partial charge in [-0.1, -0.05) is 29.8 Å². The smallest absolute Gasteiger partial charge is 0.243 e. The first kappa shape index (κ1) is 15.3. The van der Waals surface area contributed by atoms with E-state index in [-0.39, 0.29) is 11.8 Å². The Morgan fingerprint density at radius 2 is 2.22 bits per heavy atom. The number of carbonyl (C=O) groups is 2. The standard InChI is InChI=1S/C18H20N2O3/c1-13-4-2-5-14(10-13)11-19-18(22)16-7-8-17(21)20(16)12-15-6-3-9-23-15/h2-6,9-10,16H,7-8,11-12H2,1H3,(H,19,22). The van der Waals surface area contributed by atoms with Gasteiger partial charge in [0.05, 0.1) is 12.8 Å². The van der Waals surface area contributed by atoms with Crippen LogP contribution in [-0.2, 0) is 22.7 Å². The van der Waals surface area contributed by atoms with Crippen LogP contribution < -0.4 is 5.32 Å². The number of hydrogen-bond donors (Lipinski definition) is 1. The third-order valence-corrected chi connectivity index (χ3v) is 4.09. The van der Waals surface area contributed by atoms with Crippen LogP contribution in [0.5, 0.6) is 0 Å². The largest absolute Gasteiger partial charge is 0.467 e. The lowest BCUT2D eigenvalue weighted by atomic mass is 10.1. The summed E-state index contributed by atoms with van der Waals surface area (Å²) in [5.41, 5.74) is 2.22. The number of benzene rings is 1. The van der Waals surface area contributed by atoms with Crippen molar-refractivity contribution in [3.8, 4) is 0 Å². The number of likely N-dealkylation sites (tertiary alicyclic amines) is 1. The third kappa shape index (κ3) is 3.62. The van der Waals surface area contributed by atoms with Gasteiger partial charge >= 0.3 is 0 Å². The summed E-state index contributed by atoms with van der Waals surface area (Å²) in [4.78, 5) is 26.1. The van der Waals surface area contributed by atoms with Crippen molar-refractivity contribution < 1.29 is 14.0 Å². The topological polar surface area (TPSA) is 62.6 Å². The summed E-state index contributed by atoms with van der Waals surface area (Å²) in [6, 6.07) is 11.2. The minimum atomic E-state index is -0.419. The first-order valence-corrected chi connectivity index (χ1v) is 7.78. The molecule has 1 N–H and O–H groups in total. The van der Waals surface area contributed by atoms with Gasteiger partial charge in [0, 0.05) is 13.0 Å². The van der Waals surface area contributed by atoms with Gasteiger partial charge in [-0.3, -0.25) is 9.59 Å². The van der Waals surface area contributed by atoms with Gasteiger partial charge in [-0.25, -0.2) is 0 Å². The molecule has 0 saturated carbocycles. The van der Waals surface area contributed by atoms with E-state index in [0.29, 0.717) is 31.7 Å². The molecule has 2 amide bonds. The second kappa shape index (κ2) is 6.69. The minimum absolute atomic E-state index is 0.00268. The van der Waals surface area contributed by atoms with Crippen molar-refractivity contribution in [1.29, 1.82) is 0 Å². The highest BCUT2D eigenvalue weighted by atomic mass is 16.3. The van der Waals surface area contributed by atoms with Gasteiger partial charge < -0.3 is 14.6 Å². The van der Waals surface area contributed by atoms with Crippen molar-refractivity contribution in [3.63, 3.8) is 0 Å². The van der Waals surface area contributed by atoms with E-state index in [1.54, 1.807) is 17.2 Å². The molecule has 1 saturated heterocycles. The summed E-state index contributed by atoms with van der Waals surface area (Å²) in [7, 11) is 0. The number of amides is 2. The predicted octanol–water partition coefficient (Wildman–Crippen LogP) is 2.40. The van der Waals surface area contributed by atoms with E-state index in [0.717, 1.165) is 11.1 Å². The number of furan rings is 1. The molecule has 0 spiro atoms. The van der Waals surface area contributed by atoms with E-state index in [1.807, 2.05) is 37.3 Å². The summed E-state index contributed by atoms with van der Waals surface area (Å²) in [5, 5.41) is 2.93. The summed E-state index contributed by atoms with van der Waals surface area (Å²) in [6.07, 6.45) is 2.53. The maximum absolute atomic E-state index is 12.5. The Kier molecular flexibility index (Phi) is 4.46. The van der Waals surface area contributed by atoms with Crippen molar-refractivity contribution in [2.24, 2.45) is 0 Å². The minimum Gasteiger partial charge on any atom is -0.467 e. The molecule has 1 aromatic carbocycles. The fourth-order valence-corrected chi connectivity index (χ4v) is 2.90. The first-order chi connectivity index (χ1) is 11.1. The van der Waals surface area contributed by atoms with E-state index < -0.39 is 6.04 Å². The summed E-state index contributed by atoms with van der Waals surface area (Å²) in [5.74, 6) is 0.581. The van der Waals surface area contributed by atoms with Crippen molar-refractivity contribution >= 4 is 11.8 Å². The molecule has 5 nitrogen and oxygen atoms in total. The molecule has 120 valence electrons. The quantitative estimate of drug-likeness (QED) is 0.922. The molecule has 1 aliphatic rings. The van der Waals surface area contributed by atoms with E-state index in [1.165, 1.54) is 0 Å². The molecule has 1 aliphatic heterocycles. The fourth-order valence-electron chi connectivity index (χ4n) is 2.90. The van der Waals surface area contributed by atoms with Gasteiger partial charge in [-0.05, 0) is 31.0 Å². The number of aryl methyl sites for hydroxylation is 1. The van der Waals surface area contributed by atoms with Crippen LogP contribution in [0.2, 0.25) is 0 Å². The maximum Gasteiger partial charge on any atom is 0.243 e. The molecule has 1 aromatic heterocycles. The van der Waals surface area contributed by atoms with Crippen LogP contribution in [0.15, 0.2) is 47.1 Å². The summed E-state index contributed by atoms with van der Waals surface area (Å²) >= 11 is 0. The second-order valence-electron chi connectivity index (χ2n) is 5.86. The Balaban J connectivity index is 1.62. The number of rotatable bonds is 5. The summed E-state index contributed by atoms with van der Waals surface area (Å²) in [6.45, 7) is 2.83. The molecular formula is C18H20N2O3. The lowest BCUT2D eigenvalue weighted by molar-refractivity contribution is -0.136. The van der Waals surface area contributed by atoms with Gasteiger partial charge in [0.15, 0.2) is 0 Å². The van der Waals surface area contributed by atoms with Gasteiger partial charge in [0.1, 0.15) is 11.8 Å². The molecule has 1 unspecified atom stereocenters. The van der Waals surface area contributed by atoms with Crippen LogP contribution in [0.1, 0.15) is 29.7 Å². The fraction of sp³-hybridized carbons (Fsp3) is 0.333. The number of carbonyl (C=O) groups excluding carboxylic acids is 2. The number of nitrogens with one attached hydrogen (secondary N) is 1. The Hall–Kier alpha value is -2.56. The Morgan fingerprint density at radius 1 is 1.35 bits per heavy atom. The molecule has 2 heterocycles. The lowest BCUT2D eigenvalue weighted by Crippen LogP contribution is -2.44. The molecule has 23 heavy (non-hydrogen) atoms. The zero-order valence-electron chi connectivity index (χ0n) is 13.1. The zero-order valence-corrected chi connectivity index (χ0v) is 13.1. The van der Waals surface area contributed by atoms with Crippen LogP contribution in [0.3, 0.4) is 0 Å². The molecule has 0 radical (unpaired) electrons. The van der Waals surface area contributed by atoms with E-state index >= 15 is 0 Å². The SMILES string of the molecule is Cc1cccc(CNC(=O)C2CCC(=O)N2Cc2ccco2)c1.